The van der Waals surface area contributed by atoms with E-state index in [1.54, 1.807) is 0 Å². The van der Waals surface area contributed by atoms with Crippen LogP contribution in [-0.2, 0) is 0 Å². The Balaban J connectivity index is 3.05. The van der Waals surface area contributed by atoms with Crippen molar-refractivity contribution in [2.45, 2.75) is 0 Å². The van der Waals surface area contributed by atoms with E-state index in [1.807, 2.05) is 0 Å². The molecule has 0 aromatic heterocycles. The molecule has 0 saturated heterocycles. The van der Waals surface area contributed by atoms with Gasteiger partial charge in [0.05, 0.1) is 13.3 Å². The highest BCUT2D eigenvalue weighted by atomic mass is 19.1. The van der Waals surface area contributed by atoms with E-state index in [9.17, 15) is 4.39 Å². The standard InChI is InChI=1S/C8H8FNO2/c1-12-8-4-6(5-10-11)2-3-7(8)9/h2-5,11H,1H3/b10-5+. The van der Waals surface area contributed by atoms with Gasteiger partial charge in [-0.25, -0.2) is 4.39 Å². The van der Waals surface area contributed by atoms with Gasteiger partial charge in [0, 0.05) is 0 Å². The summed E-state index contributed by atoms with van der Waals surface area (Å²) in [4.78, 5) is 0. The summed E-state index contributed by atoms with van der Waals surface area (Å²) in [5, 5.41) is 11.0. The zero-order chi connectivity index (χ0) is 8.97. The third-order valence-corrected chi connectivity index (χ3v) is 1.38. The van der Waals surface area contributed by atoms with Gasteiger partial charge in [0.25, 0.3) is 0 Å². The van der Waals surface area contributed by atoms with Crippen LogP contribution in [-0.4, -0.2) is 18.5 Å². The van der Waals surface area contributed by atoms with Crippen LogP contribution < -0.4 is 4.74 Å². The lowest BCUT2D eigenvalue weighted by atomic mass is 10.2. The monoisotopic (exact) mass is 169 g/mol. The van der Waals surface area contributed by atoms with Crippen LogP contribution >= 0.6 is 0 Å². The van der Waals surface area contributed by atoms with Gasteiger partial charge in [-0.15, -0.1) is 0 Å². The highest BCUT2D eigenvalue weighted by Crippen LogP contribution is 2.16. The molecule has 0 aliphatic carbocycles. The van der Waals surface area contributed by atoms with E-state index in [2.05, 4.69) is 5.16 Å². The van der Waals surface area contributed by atoms with Gasteiger partial charge < -0.3 is 9.94 Å². The number of hydrogen-bond donors (Lipinski definition) is 1. The molecule has 0 fully saturated rings. The summed E-state index contributed by atoms with van der Waals surface area (Å²) in [5.74, 6) is -0.306. The molecule has 0 bridgehead atoms. The van der Waals surface area contributed by atoms with Crippen molar-refractivity contribution >= 4 is 6.21 Å². The third-order valence-electron chi connectivity index (χ3n) is 1.38. The second-order valence-electron chi connectivity index (χ2n) is 2.14. The molecule has 0 aliphatic rings. The first kappa shape index (κ1) is 8.52. The Morgan fingerprint density at radius 1 is 1.58 bits per heavy atom. The van der Waals surface area contributed by atoms with Crippen LogP contribution in [0.3, 0.4) is 0 Å². The van der Waals surface area contributed by atoms with E-state index in [0.717, 1.165) is 0 Å². The largest absolute Gasteiger partial charge is 0.494 e. The fourth-order valence-corrected chi connectivity index (χ4v) is 0.823. The van der Waals surface area contributed by atoms with Crippen LogP contribution in [0.2, 0.25) is 0 Å². The van der Waals surface area contributed by atoms with Crippen molar-refractivity contribution in [1.29, 1.82) is 0 Å². The minimum Gasteiger partial charge on any atom is -0.494 e. The summed E-state index contributed by atoms with van der Waals surface area (Å²) in [5.41, 5.74) is 0.579. The molecule has 0 unspecified atom stereocenters. The highest BCUT2D eigenvalue weighted by Gasteiger charge is 2.01. The predicted octanol–water partition coefficient (Wildman–Crippen LogP) is 1.64. The first-order chi connectivity index (χ1) is 5.77. The quantitative estimate of drug-likeness (QED) is 0.415. The Kier molecular flexibility index (Phi) is 2.63. The van der Waals surface area contributed by atoms with E-state index in [4.69, 9.17) is 9.94 Å². The molecule has 0 atom stereocenters. The molecule has 0 spiro atoms. The maximum Gasteiger partial charge on any atom is 0.165 e. The smallest absolute Gasteiger partial charge is 0.165 e. The van der Waals surface area contributed by atoms with Crippen LogP contribution in [0.15, 0.2) is 23.4 Å². The fourth-order valence-electron chi connectivity index (χ4n) is 0.823. The van der Waals surface area contributed by atoms with E-state index < -0.39 is 5.82 Å². The van der Waals surface area contributed by atoms with Crippen molar-refractivity contribution in [3.05, 3.63) is 29.6 Å². The van der Waals surface area contributed by atoms with Gasteiger partial charge in [0.15, 0.2) is 11.6 Å². The van der Waals surface area contributed by atoms with Crippen LogP contribution in [0, 0.1) is 5.82 Å². The Labute approximate surface area is 69.1 Å². The molecule has 1 N–H and O–H groups in total. The van der Waals surface area contributed by atoms with Gasteiger partial charge in [0.1, 0.15) is 0 Å². The zero-order valence-corrected chi connectivity index (χ0v) is 6.49. The predicted molar refractivity (Wildman–Crippen MR) is 42.3 cm³/mol. The van der Waals surface area contributed by atoms with Crippen molar-refractivity contribution in [1.82, 2.24) is 0 Å². The second kappa shape index (κ2) is 3.71. The average molecular weight is 169 g/mol. The maximum absolute atomic E-state index is 12.8. The van der Waals surface area contributed by atoms with Gasteiger partial charge >= 0.3 is 0 Å². The molecular formula is C8H8FNO2. The Hall–Kier alpha value is -1.58. The van der Waals surface area contributed by atoms with E-state index in [-0.39, 0.29) is 5.75 Å². The molecule has 0 saturated carbocycles. The van der Waals surface area contributed by atoms with Gasteiger partial charge in [-0.3, -0.25) is 0 Å². The van der Waals surface area contributed by atoms with Crippen molar-refractivity contribution in [2.75, 3.05) is 7.11 Å². The number of oxime groups is 1. The summed E-state index contributed by atoms with van der Waals surface area (Å²) >= 11 is 0. The van der Waals surface area contributed by atoms with Gasteiger partial charge in [-0.2, -0.15) is 0 Å². The van der Waals surface area contributed by atoms with Crippen LogP contribution in [0.4, 0.5) is 4.39 Å². The fraction of sp³-hybridized carbons (Fsp3) is 0.125. The number of halogens is 1. The Morgan fingerprint density at radius 2 is 2.33 bits per heavy atom. The Morgan fingerprint density at radius 3 is 2.92 bits per heavy atom. The number of nitrogens with zero attached hydrogens (tertiary/aromatic N) is 1. The molecule has 1 aromatic rings. The summed E-state index contributed by atoms with van der Waals surface area (Å²) in [7, 11) is 1.37. The number of hydrogen-bond acceptors (Lipinski definition) is 3. The van der Waals surface area contributed by atoms with E-state index >= 15 is 0 Å². The maximum atomic E-state index is 12.8. The van der Waals surface area contributed by atoms with Crippen molar-refractivity contribution in [2.24, 2.45) is 5.16 Å². The summed E-state index contributed by atoms with van der Waals surface area (Å²) in [6.45, 7) is 0. The topological polar surface area (TPSA) is 41.8 Å². The lowest BCUT2D eigenvalue weighted by molar-refractivity contribution is 0.322. The van der Waals surface area contributed by atoms with Crippen molar-refractivity contribution in [3.63, 3.8) is 0 Å². The molecule has 0 aliphatic heterocycles. The molecule has 64 valence electrons. The molecule has 0 heterocycles. The van der Waals surface area contributed by atoms with E-state index in [1.165, 1.54) is 31.5 Å². The highest BCUT2D eigenvalue weighted by molar-refractivity contribution is 5.79. The molecule has 1 aromatic carbocycles. The van der Waals surface area contributed by atoms with Gasteiger partial charge in [-0.05, 0) is 17.7 Å². The zero-order valence-electron chi connectivity index (χ0n) is 6.49. The second-order valence-corrected chi connectivity index (χ2v) is 2.14. The molecule has 3 nitrogen and oxygen atoms in total. The lowest BCUT2D eigenvalue weighted by Gasteiger charge is -2.01. The lowest BCUT2D eigenvalue weighted by Crippen LogP contribution is -1.90. The first-order valence-corrected chi connectivity index (χ1v) is 3.29. The van der Waals surface area contributed by atoms with Gasteiger partial charge in [-0.1, -0.05) is 11.2 Å². The average Bonchev–Trinajstić information content (AvgIpc) is 2.09. The Bertz CT molecular complexity index is 299. The molecule has 1 rings (SSSR count). The summed E-state index contributed by atoms with van der Waals surface area (Å²) in [6.07, 6.45) is 1.20. The molecule has 12 heavy (non-hydrogen) atoms. The van der Waals surface area contributed by atoms with Crippen LogP contribution in [0.5, 0.6) is 5.75 Å². The normalized spacial score (nSPS) is 10.5. The molecule has 0 amide bonds. The summed E-state index contributed by atoms with van der Waals surface area (Å²) < 4.78 is 17.5. The van der Waals surface area contributed by atoms with Crippen molar-refractivity contribution < 1.29 is 14.3 Å². The molecular weight excluding hydrogens is 161 g/mol. The summed E-state index contributed by atoms with van der Waals surface area (Å²) in [6, 6.07) is 4.17. The number of benzene rings is 1. The number of ether oxygens (including phenoxy) is 1. The van der Waals surface area contributed by atoms with Crippen LogP contribution in [0.25, 0.3) is 0 Å². The SMILES string of the molecule is COc1cc(/C=N/O)ccc1F. The van der Waals surface area contributed by atoms with Gasteiger partial charge in [0.2, 0.25) is 0 Å². The number of rotatable bonds is 2. The van der Waals surface area contributed by atoms with E-state index in [0.29, 0.717) is 5.56 Å². The third kappa shape index (κ3) is 1.72. The minimum atomic E-state index is -0.437. The number of methoxy groups -OCH3 is 1. The molecule has 0 radical (unpaired) electrons. The molecule has 4 heteroatoms. The minimum absolute atomic E-state index is 0.132. The first-order valence-electron chi connectivity index (χ1n) is 3.29. The van der Waals surface area contributed by atoms with Crippen LogP contribution in [0.1, 0.15) is 5.56 Å². The van der Waals surface area contributed by atoms with Crippen molar-refractivity contribution in [3.8, 4) is 5.75 Å².